The first-order valence-corrected chi connectivity index (χ1v) is 13.0. The second-order valence-corrected chi connectivity index (χ2v) is 10.1. The van der Waals surface area contributed by atoms with Crippen LogP contribution in [0.25, 0.3) is 11.4 Å². The number of aromatic nitrogens is 5. The molecule has 12 heteroatoms. The highest BCUT2D eigenvalue weighted by atomic mass is 19.1. The quantitative estimate of drug-likeness (QED) is 0.304. The summed E-state index contributed by atoms with van der Waals surface area (Å²) in [5.41, 5.74) is 15.1. The van der Waals surface area contributed by atoms with Crippen LogP contribution in [0.2, 0.25) is 0 Å². The fourth-order valence-corrected chi connectivity index (χ4v) is 5.24. The van der Waals surface area contributed by atoms with Gasteiger partial charge >= 0.3 is 0 Å². The van der Waals surface area contributed by atoms with Gasteiger partial charge in [0, 0.05) is 30.3 Å². The standard InChI is InChI=1S/C28H27FN8O3/c29-21-10-18(16-4-5-16)9-17-6-7-37(27(40)25(17)21)22-3-1-2-19(20(22)14-38)26-33-24(34-28(31)35-26)8-15-11-32-36(12-15)13-23(30)39/h1-3,9-12,16,38H,4-8,13-14H2,(H2,30,39)(H2,31,33,34,35). The average Bonchev–Trinajstić information content (AvgIpc) is 3.68. The molecule has 0 atom stereocenters. The van der Waals surface area contributed by atoms with E-state index in [1.807, 2.05) is 6.07 Å². The van der Waals surface area contributed by atoms with Crippen LogP contribution in [0.4, 0.5) is 16.0 Å². The molecule has 1 fully saturated rings. The number of anilines is 2. The van der Waals surface area contributed by atoms with E-state index in [2.05, 4.69) is 20.1 Å². The lowest BCUT2D eigenvalue weighted by Crippen LogP contribution is -2.39. The number of hydrogen-bond donors (Lipinski definition) is 3. The summed E-state index contributed by atoms with van der Waals surface area (Å²) in [7, 11) is 0. The molecule has 0 spiro atoms. The Morgan fingerprint density at radius 2 is 2.00 bits per heavy atom. The zero-order chi connectivity index (χ0) is 28.0. The van der Waals surface area contributed by atoms with Crippen LogP contribution in [0.3, 0.4) is 0 Å². The van der Waals surface area contributed by atoms with E-state index in [1.54, 1.807) is 30.6 Å². The Morgan fingerprint density at radius 1 is 1.18 bits per heavy atom. The number of nitrogens with zero attached hydrogens (tertiary/aromatic N) is 6. The van der Waals surface area contributed by atoms with Crippen LogP contribution in [0, 0.1) is 5.82 Å². The first-order valence-electron chi connectivity index (χ1n) is 13.0. The molecule has 0 bridgehead atoms. The van der Waals surface area contributed by atoms with Crippen molar-refractivity contribution in [3.63, 3.8) is 0 Å². The van der Waals surface area contributed by atoms with Crippen LogP contribution in [0.5, 0.6) is 0 Å². The van der Waals surface area contributed by atoms with Gasteiger partial charge in [-0.1, -0.05) is 18.2 Å². The molecule has 2 aliphatic rings. The fraction of sp³-hybridized carbons (Fsp3) is 0.286. The molecule has 1 aliphatic carbocycles. The van der Waals surface area contributed by atoms with Gasteiger partial charge in [-0.15, -0.1) is 0 Å². The number of aliphatic hydroxyl groups excluding tert-OH is 1. The summed E-state index contributed by atoms with van der Waals surface area (Å²) in [6.07, 6.45) is 6.10. The first-order chi connectivity index (χ1) is 19.3. The second kappa shape index (κ2) is 10.1. The third-order valence-electron chi connectivity index (χ3n) is 7.21. The van der Waals surface area contributed by atoms with Gasteiger partial charge in [0.1, 0.15) is 18.2 Å². The van der Waals surface area contributed by atoms with Gasteiger partial charge in [-0.05, 0) is 54.0 Å². The Hall–Kier alpha value is -4.71. The number of carbonyl (C=O) groups is 2. The molecule has 3 heterocycles. The summed E-state index contributed by atoms with van der Waals surface area (Å²) >= 11 is 0. The number of amides is 2. The summed E-state index contributed by atoms with van der Waals surface area (Å²) in [4.78, 5) is 39.3. The first kappa shape index (κ1) is 25.6. The van der Waals surface area contributed by atoms with Crippen LogP contribution in [0.1, 0.15) is 57.2 Å². The molecule has 204 valence electrons. The Kier molecular flexibility index (Phi) is 6.46. The average molecular weight is 543 g/mol. The number of aliphatic hydroxyl groups is 1. The summed E-state index contributed by atoms with van der Waals surface area (Å²) in [5, 5.41) is 14.5. The van der Waals surface area contributed by atoms with Crippen molar-refractivity contribution in [3.05, 3.63) is 82.2 Å². The predicted octanol–water partition coefficient (Wildman–Crippen LogP) is 2.11. The Balaban J connectivity index is 1.32. The third-order valence-corrected chi connectivity index (χ3v) is 7.21. The van der Waals surface area contributed by atoms with Gasteiger partial charge in [-0.3, -0.25) is 14.3 Å². The van der Waals surface area contributed by atoms with Gasteiger partial charge < -0.3 is 21.5 Å². The van der Waals surface area contributed by atoms with Crippen LogP contribution >= 0.6 is 0 Å². The molecule has 1 aliphatic heterocycles. The van der Waals surface area contributed by atoms with Crippen LogP contribution in [-0.4, -0.2) is 48.2 Å². The highest BCUT2D eigenvalue weighted by molar-refractivity contribution is 6.09. The number of primary amides is 1. The topological polar surface area (TPSA) is 166 Å². The molecule has 5 N–H and O–H groups in total. The van der Waals surface area contributed by atoms with Crippen molar-refractivity contribution in [2.45, 2.75) is 44.8 Å². The van der Waals surface area contributed by atoms with E-state index in [0.717, 1.165) is 29.5 Å². The van der Waals surface area contributed by atoms with E-state index in [-0.39, 0.29) is 30.3 Å². The van der Waals surface area contributed by atoms with Crippen molar-refractivity contribution in [1.82, 2.24) is 24.7 Å². The lowest BCUT2D eigenvalue weighted by molar-refractivity contribution is -0.118. The van der Waals surface area contributed by atoms with E-state index in [0.29, 0.717) is 41.5 Å². The van der Waals surface area contributed by atoms with Crippen LogP contribution in [-0.2, 0) is 30.8 Å². The number of nitrogen functional groups attached to an aromatic ring is 1. The minimum Gasteiger partial charge on any atom is -0.392 e. The number of carbonyl (C=O) groups excluding carboxylic acids is 2. The SMILES string of the molecule is NC(=O)Cn1cc(Cc2nc(N)nc(-c3cccc(N4CCc5cc(C6CC6)cc(F)c5C4=O)c3CO)n2)cn1. The lowest BCUT2D eigenvalue weighted by Gasteiger charge is -2.31. The van der Waals surface area contributed by atoms with Gasteiger partial charge in [-0.25, -0.2) is 9.37 Å². The van der Waals surface area contributed by atoms with Crippen LogP contribution < -0.4 is 16.4 Å². The Bertz CT molecular complexity index is 1650. The zero-order valence-electron chi connectivity index (χ0n) is 21.5. The molecule has 1 saturated carbocycles. The Morgan fingerprint density at radius 3 is 2.75 bits per heavy atom. The van der Waals surface area contributed by atoms with Gasteiger partial charge in [-0.2, -0.15) is 15.1 Å². The molecule has 11 nitrogen and oxygen atoms in total. The van der Waals surface area contributed by atoms with Gasteiger partial charge in [0.15, 0.2) is 5.82 Å². The fourth-order valence-electron chi connectivity index (χ4n) is 5.24. The normalized spacial score (nSPS) is 14.8. The number of hydrogen-bond acceptors (Lipinski definition) is 8. The molecule has 2 amide bonds. The minimum atomic E-state index is -0.515. The minimum absolute atomic E-state index is 0.0182. The molecule has 4 aromatic rings. The van der Waals surface area contributed by atoms with Gasteiger partial charge in [0.2, 0.25) is 11.9 Å². The maximum absolute atomic E-state index is 15.2. The third kappa shape index (κ3) is 4.89. The van der Waals surface area contributed by atoms with E-state index in [1.165, 1.54) is 15.6 Å². The van der Waals surface area contributed by atoms with E-state index in [9.17, 15) is 14.7 Å². The number of fused-ring (bicyclic) bond motifs is 1. The van der Waals surface area contributed by atoms with Crippen molar-refractivity contribution in [2.75, 3.05) is 17.2 Å². The molecule has 0 radical (unpaired) electrons. The maximum atomic E-state index is 15.2. The van der Waals surface area contributed by atoms with E-state index in [4.69, 9.17) is 11.5 Å². The van der Waals surface area contributed by atoms with Crippen molar-refractivity contribution < 1.29 is 19.1 Å². The lowest BCUT2D eigenvalue weighted by atomic mass is 9.93. The molecular weight excluding hydrogens is 515 g/mol. The summed E-state index contributed by atoms with van der Waals surface area (Å²) < 4.78 is 16.6. The molecule has 2 aromatic carbocycles. The van der Waals surface area contributed by atoms with Gasteiger partial charge in [0.25, 0.3) is 5.91 Å². The number of nitrogens with two attached hydrogens (primary N) is 2. The van der Waals surface area contributed by atoms with E-state index >= 15 is 4.39 Å². The zero-order valence-corrected chi connectivity index (χ0v) is 21.5. The number of rotatable bonds is 8. The van der Waals surface area contributed by atoms with Crippen molar-refractivity contribution >= 4 is 23.5 Å². The predicted molar refractivity (Wildman–Crippen MR) is 144 cm³/mol. The monoisotopic (exact) mass is 542 g/mol. The highest BCUT2D eigenvalue weighted by Gasteiger charge is 2.33. The highest BCUT2D eigenvalue weighted by Crippen LogP contribution is 2.42. The molecule has 0 saturated heterocycles. The molecule has 40 heavy (non-hydrogen) atoms. The smallest absolute Gasteiger partial charge is 0.261 e. The summed E-state index contributed by atoms with van der Waals surface area (Å²) in [6.45, 7) is -0.121. The number of benzene rings is 2. The largest absolute Gasteiger partial charge is 0.392 e. The van der Waals surface area contributed by atoms with Gasteiger partial charge in [0.05, 0.1) is 24.1 Å². The second-order valence-electron chi connectivity index (χ2n) is 10.1. The number of halogens is 1. The van der Waals surface area contributed by atoms with Crippen molar-refractivity contribution in [2.24, 2.45) is 5.73 Å². The van der Waals surface area contributed by atoms with Crippen molar-refractivity contribution in [1.29, 1.82) is 0 Å². The Labute approximate surface area is 228 Å². The van der Waals surface area contributed by atoms with Crippen molar-refractivity contribution in [3.8, 4) is 11.4 Å². The summed E-state index contributed by atoms with van der Waals surface area (Å²) in [6, 6.07) is 8.61. The molecule has 2 aromatic heterocycles. The van der Waals surface area contributed by atoms with E-state index < -0.39 is 24.2 Å². The summed E-state index contributed by atoms with van der Waals surface area (Å²) in [5.74, 6) is -0.527. The molecule has 6 rings (SSSR count). The van der Waals surface area contributed by atoms with Crippen LogP contribution in [0.15, 0.2) is 42.7 Å². The maximum Gasteiger partial charge on any atom is 0.261 e. The molecule has 0 unspecified atom stereocenters. The molecular formula is C28H27FN8O3.